The first-order valence-corrected chi connectivity index (χ1v) is 5.42. The lowest BCUT2D eigenvalue weighted by Gasteiger charge is -2.06. The summed E-state index contributed by atoms with van der Waals surface area (Å²) in [5, 5.41) is 9.79. The highest BCUT2D eigenvalue weighted by Crippen LogP contribution is 2.20. The molecule has 0 radical (unpaired) electrons. The van der Waals surface area contributed by atoms with E-state index in [4.69, 9.17) is 4.52 Å². The zero-order valence-electron chi connectivity index (χ0n) is 8.57. The summed E-state index contributed by atoms with van der Waals surface area (Å²) in [5.74, 6) is 1.27. The van der Waals surface area contributed by atoms with Crippen LogP contribution in [0.15, 0.2) is 27.5 Å². The highest BCUT2D eigenvalue weighted by Gasteiger charge is 2.04. The van der Waals surface area contributed by atoms with Gasteiger partial charge in [-0.15, -0.1) is 0 Å². The molecule has 0 aromatic carbocycles. The molecule has 0 unspecified atom stereocenters. The van der Waals surface area contributed by atoms with Crippen molar-refractivity contribution in [1.82, 2.24) is 15.1 Å². The number of aromatic nitrogens is 3. The van der Waals surface area contributed by atoms with E-state index in [1.165, 1.54) is 6.26 Å². The Balaban J connectivity index is 2.08. The van der Waals surface area contributed by atoms with Gasteiger partial charge < -0.3 is 15.2 Å². The van der Waals surface area contributed by atoms with E-state index in [1.54, 1.807) is 19.3 Å². The zero-order valence-corrected chi connectivity index (χ0v) is 10.2. The molecule has 0 saturated heterocycles. The molecule has 0 aliphatic rings. The molecule has 0 spiro atoms. The first-order valence-electron chi connectivity index (χ1n) is 4.63. The van der Waals surface area contributed by atoms with Crippen molar-refractivity contribution in [2.75, 3.05) is 17.7 Å². The molecule has 0 atom stereocenters. The Morgan fingerprint density at radius 1 is 1.50 bits per heavy atom. The van der Waals surface area contributed by atoms with Crippen LogP contribution in [0.25, 0.3) is 0 Å². The zero-order chi connectivity index (χ0) is 11.4. The van der Waals surface area contributed by atoms with E-state index in [1.807, 2.05) is 0 Å². The number of rotatable bonds is 4. The van der Waals surface area contributed by atoms with Gasteiger partial charge in [0.25, 0.3) is 0 Å². The Kier molecular flexibility index (Phi) is 3.35. The summed E-state index contributed by atoms with van der Waals surface area (Å²) in [6.45, 7) is 0.551. The number of halogens is 1. The summed E-state index contributed by atoms with van der Waals surface area (Å²) in [6, 6.07) is 1.79. The summed E-state index contributed by atoms with van der Waals surface area (Å²) < 4.78 is 5.53. The van der Waals surface area contributed by atoms with Crippen LogP contribution >= 0.6 is 15.9 Å². The van der Waals surface area contributed by atoms with Crippen LogP contribution in [-0.4, -0.2) is 22.2 Å². The lowest BCUT2D eigenvalue weighted by atomic mass is 10.4. The second kappa shape index (κ2) is 4.93. The fraction of sp³-hybridized carbons (Fsp3) is 0.222. The molecule has 0 fully saturated rings. The van der Waals surface area contributed by atoms with E-state index in [2.05, 4.69) is 41.7 Å². The van der Waals surface area contributed by atoms with E-state index in [0.717, 1.165) is 10.2 Å². The van der Waals surface area contributed by atoms with Crippen molar-refractivity contribution in [3.05, 3.63) is 28.7 Å². The van der Waals surface area contributed by atoms with Crippen molar-refractivity contribution in [3.8, 4) is 0 Å². The highest BCUT2D eigenvalue weighted by molar-refractivity contribution is 9.10. The highest BCUT2D eigenvalue weighted by atomic mass is 79.9. The number of anilines is 2. The molecular formula is C9H10BrN5O. The molecule has 16 heavy (non-hydrogen) atoms. The molecule has 6 nitrogen and oxygen atoms in total. The van der Waals surface area contributed by atoms with Gasteiger partial charge in [0.15, 0.2) is 0 Å². The average Bonchev–Trinajstić information content (AvgIpc) is 2.81. The molecule has 2 N–H and O–H groups in total. The average molecular weight is 284 g/mol. The predicted molar refractivity (Wildman–Crippen MR) is 63.1 cm³/mol. The lowest BCUT2D eigenvalue weighted by molar-refractivity contribution is 0.412. The van der Waals surface area contributed by atoms with Gasteiger partial charge in [0.2, 0.25) is 5.95 Å². The van der Waals surface area contributed by atoms with Crippen molar-refractivity contribution >= 4 is 27.7 Å². The van der Waals surface area contributed by atoms with E-state index in [0.29, 0.717) is 18.3 Å². The summed E-state index contributed by atoms with van der Waals surface area (Å²) in [4.78, 5) is 8.31. The van der Waals surface area contributed by atoms with Gasteiger partial charge in [-0.1, -0.05) is 5.16 Å². The maximum atomic E-state index is 4.73. The largest absolute Gasteiger partial charge is 0.364 e. The van der Waals surface area contributed by atoms with E-state index < -0.39 is 0 Å². The van der Waals surface area contributed by atoms with E-state index in [9.17, 15) is 0 Å². The van der Waals surface area contributed by atoms with Gasteiger partial charge in [0.05, 0.1) is 11.0 Å². The van der Waals surface area contributed by atoms with Crippen LogP contribution in [0.1, 0.15) is 5.69 Å². The third kappa shape index (κ3) is 2.48. The minimum Gasteiger partial charge on any atom is -0.364 e. The van der Waals surface area contributed by atoms with Crippen LogP contribution in [0.3, 0.4) is 0 Å². The molecule has 2 heterocycles. The summed E-state index contributed by atoms with van der Waals surface area (Å²) in [6.07, 6.45) is 3.22. The van der Waals surface area contributed by atoms with Crippen LogP contribution in [0.4, 0.5) is 11.8 Å². The third-order valence-electron chi connectivity index (χ3n) is 1.90. The Bertz CT molecular complexity index is 459. The van der Waals surface area contributed by atoms with Crippen LogP contribution in [-0.2, 0) is 6.54 Å². The first kappa shape index (κ1) is 10.9. The maximum Gasteiger partial charge on any atom is 0.224 e. The summed E-state index contributed by atoms with van der Waals surface area (Å²) in [7, 11) is 1.77. The van der Waals surface area contributed by atoms with Crippen LogP contribution in [0, 0.1) is 0 Å². The Hall–Kier alpha value is -1.63. The monoisotopic (exact) mass is 283 g/mol. The molecule has 2 aromatic rings. The van der Waals surface area contributed by atoms with Gasteiger partial charge in [-0.2, -0.15) is 4.98 Å². The normalized spacial score (nSPS) is 10.1. The van der Waals surface area contributed by atoms with Gasteiger partial charge in [-0.3, -0.25) is 0 Å². The van der Waals surface area contributed by atoms with Gasteiger partial charge in [0.1, 0.15) is 17.8 Å². The first-order chi connectivity index (χ1) is 7.79. The Morgan fingerprint density at radius 2 is 2.38 bits per heavy atom. The quantitative estimate of drug-likeness (QED) is 0.892. The molecule has 0 aliphatic carbocycles. The van der Waals surface area contributed by atoms with Crippen LogP contribution < -0.4 is 10.6 Å². The van der Waals surface area contributed by atoms with Gasteiger partial charge in [-0.25, -0.2) is 4.98 Å². The van der Waals surface area contributed by atoms with Crippen LogP contribution in [0.2, 0.25) is 0 Å². The van der Waals surface area contributed by atoms with Crippen molar-refractivity contribution in [3.63, 3.8) is 0 Å². The van der Waals surface area contributed by atoms with Crippen molar-refractivity contribution in [2.45, 2.75) is 6.54 Å². The fourth-order valence-corrected chi connectivity index (χ4v) is 1.45. The standard InChI is InChI=1S/C9H10BrN5O/c1-11-9-13-5-7(10)8(14-9)12-4-6-2-3-16-15-6/h2-3,5H,4H2,1H3,(H2,11,12,13,14). The SMILES string of the molecule is CNc1ncc(Br)c(NCc2ccon2)n1. The summed E-state index contributed by atoms with van der Waals surface area (Å²) >= 11 is 3.36. The lowest BCUT2D eigenvalue weighted by Crippen LogP contribution is -2.05. The predicted octanol–water partition coefficient (Wildman–Crippen LogP) is 1.88. The number of nitrogens with zero attached hydrogens (tertiary/aromatic N) is 3. The molecule has 0 saturated carbocycles. The maximum absolute atomic E-state index is 4.73. The third-order valence-corrected chi connectivity index (χ3v) is 2.48. The number of nitrogens with one attached hydrogen (secondary N) is 2. The van der Waals surface area contributed by atoms with E-state index in [-0.39, 0.29) is 0 Å². The molecule has 7 heteroatoms. The molecule has 2 rings (SSSR count). The second-order valence-corrected chi connectivity index (χ2v) is 3.84. The molecule has 84 valence electrons. The Labute approximate surface area is 101 Å². The Morgan fingerprint density at radius 3 is 3.06 bits per heavy atom. The molecule has 0 aliphatic heterocycles. The topological polar surface area (TPSA) is 75.9 Å². The van der Waals surface area contributed by atoms with Crippen molar-refractivity contribution in [1.29, 1.82) is 0 Å². The molecular weight excluding hydrogens is 274 g/mol. The summed E-state index contributed by atoms with van der Waals surface area (Å²) in [5.41, 5.74) is 0.816. The fourth-order valence-electron chi connectivity index (χ4n) is 1.11. The van der Waals surface area contributed by atoms with E-state index >= 15 is 0 Å². The van der Waals surface area contributed by atoms with Gasteiger partial charge >= 0.3 is 0 Å². The molecule has 0 bridgehead atoms. The smallest absolute Gasteiger partial charge is 0.224 e. The molecule has 2 aromatic heterocycles. The van der Waals surface area contributed by atoms with Crippen molar-refractivity contribution in [2.24, 2.45) is 0 Å². The van der Waals surface area contributed by atoms with Gasteiger partial charge in [0, 0.05) is 19.3 Å². The minimum absolute atomic E-state index is 0.551. The number of hydrogen-bond donors (Lipinski definition) is 2. The minimum atomic E-state index is 0.551. The number of hydrogen-bond acceptors (Lipinski definition) is 6. The second-order valence-electron chi connectivity index (χ2n) is 2.98. The van der Waals surface area contributed by atoms with Crippen molar-refractivity contribution < 1.29 is 4.52 Å². The van der Waals surface area contributed by atoms with Crippen LogP contribution in [0.5, 0.6) is 0 Å². The van der Waals surface area contributed by atoms with Gasteiger partial charge in [-0.05, 0) is 15.9 Å². The molecule has 0 amide bonds.